The molecular formula is C11H22N2O3. The first-order chi connectivity index (χ1) is 7.63. The molecule has 5 nitrogen and oxygen atoms in total. The minimum atomic E-state index is -0.556. The van der Waals surface area contributed by atoms with Gasteiger partial charge < -0.3 is 20.1 Å². The van der Waals surface area contributed by atoms with Gasteiger partial charge >= 0.3 is 5.97 Å². The molecule has 0 aromatic heterocycles. The number of carbonyl (C=O) groups excluding carboxylic acids is 1. The second-order valence-electron chi connectivity index (χ2n) is 4.43. The Bertz CT molecular complexity index is 217. The zero-order chi connectivity index (χ0) is 12.0. The van der Waals surface area contributed by atoms with Crippen LogP contribution in [0.2, 0.25) is 0 Å². The van der Waals surface area contributed by atoms with Gasteiger partial charge in [-0.3, -0.25) is 4.79 Å². The van der Waals surface area contributed by atoms with Crippen LogP contribution in [0.1, 0.15) is 12.8 Å². The third-order valence-electron chi connectivity index (χ3n) is 2.84. The number of rotatable bonds is 5. The Morgan fingerprint density at radius 2 is 2.44 bits per heavy atom. The summed E-state index contributed by atoms with van der Waals surface area (Å²) in [5.74, 6) is 0.204. The second-order valence-corrected chi connectivity index (χ2v) is 4.43. The lowest BCUT2D eigenvalue weighted by Gasteiger charge is -2.28. The minimum absolute atomic E-state index is 0.355. The van der Waals surface area contributed by atoms with Crippen molar-refractivity contribution < 1.29 is 14.3 Å². The Kier molecular flexibility index (Phi) is 5.73. The van der Waals surface area contributed by atoms with Crippen molar-refractivity contribution in [2.75, 3.05) is 40.5 Å². The van der Waals surface area contributed by atoms with E-state index in [0.29, 0.717) is 12.5 Å². The molecule has 1 rings (SSSR count). The molecule has 0 aliphatic carbocycles. The van der Waals surface area contributed by atoms with E-state index in [4.69, 9.17) is 10.5 Å². The number of likely N-dealkylation sites (N-methyl/N-ethyl adjacent to an activating group) is 1. The second kappa shape index (κ2) is 6.83. The fraction of sp³-hybridized carbons (Fsp3) is 0.909. The van der Waals surface area contributed by atoms with E-state index in [1.807, 2.05) is 7.05 Å². The van der Waals surface area contributed by atoms with E-state index in [0.717, 1.165) is 26.2 Å². The number of hydrogen-bond donors (Lipinski definition) is 1. The molecule has 1 aliphatic rings. The van der Waals surface area contributed by atoms with Gasteiger partial charge in [-0.25, -0.2) is 0 Å². The first-order valence-electron chi connectivity index (χ1n) is 5.73. The molecule has 2 N–H and O–H groups in total. The molecule has 2 atom stereocenters. The van der Waals surface area contributed by atoms with E-state index in [1.165, 1.54) is 13.5 Å². The summed E-state index contributed by atoms with van der Waals surface area (Å²) in [4.78, 5) is 13.2. The standard InChI is InChI=1S/C11H22N2O3/c1-13(7-10(12)11(14)15-2)6-9-4-3-5-16-8-9/h9-10H,3-8,12H2,1-2H3. The van der Waals surface area contributed by atoms with Gasteiger partial charge in [0.1, 0.15) is 6.04 Å². The van der Waals surface area contributed by atoms with Crippen molar-refractivity contribution in [3.63, 3.8) is 0 Å². The zero-order valence-electron chi connectivity index (χ0n) is 10.1. The maximum atomic E-state index is 11.1. The molecule has 1 aliphatic heterocycles. The maximum absolute atomic E-state index is 11.1. The van der Waals surface area contributed by atoms with E-state index in [9.17, 15) is 4.79 Å². The highest BCUT2D eigenvalue weighted by Gasteiger charge is 2.20. The van der Waals surface area contributed by atoms with E-state index in [2.05, 4.69) is 9.64 Å². The van der Waals surface area contributed by atoms with Gasteiger partial charge in [0, 0.05) is 19.7 Å². The summed E-state index contributed by atoms with van der Waals surface area (Å²) >= 11 is 0. The lowest BCUT2D eigenvalue weighted by Crippen LogP contribution is -2.44. The number of carbonyl (C=O) groups is 1. The molecule has 5 heteroatoms. The lowest BCUT2D eigenvalue weighted by molar-refractivity contribution is -0.142. The lowest BCUT2D eigenvalue weighted by atomic mass is 10.0. The number of nitrogens with zero attached hydrogens (tertiary/aromatic N) is 1. The summed E-state index contributed by atoms with van der Waals surface area (Å²) in [6.07, 6.45) is 2.32. The molecule has 0 bridgehead atoms. The van der Waals surface area contributed by atoms with Crippen LogP contribution in [0.3, 0.4) is 0 Å². The zero-order valence-corrected chi connectivity index (χ0v) is 10.1. The average Bonchev–Trinajstić information content (AvgIpc) is 2.29. The molecule has 0 aromatic carbocycles. The van der Waals surface area contributed by atoms with Crippen molar-refractivity contribution in [2.45, 2.75) is 18.9 Å². The van der Waals surface area contributed by atoms with E-state index >= 15 is 0 Å². The smallest absolute Gasteiger partial charge is 0.323 e. The molecule has 0 radical (unpaired) electrons. The van der Waals surface area contributed by atoms with Crippen molar-refractivity contribution >= 4 is 5.97 Å². The van der Waals surface area contributed by atoms with Gasteiger partial charge in [-0.2, -0.15) is 0 Å². The van der Waals surface area contributed by atoms with Crippen LogP contribution in [-0.2, 0) is 14.3 Å². The third-order valence-corrected chi connectivity index (χ3v) is 2.84. The molecule has 0 amide bonds. The average molecular weight is 230 g/mol. The van der Waals surface area contributed by atoms with Crippen LogP contribution >= 0.6 is 0 Å². The Hall–Kier alpha value is -0.650. The molecule has 16 heavy (non-hydrogen) atoms. The number of methoxy groups -OCH3 is 1. The van der Waals surface area contributed by atoms with Gasteiger partial charge in [-0.15, -0.1) is 0 Å². The minimum Gasteiger partial charge on any atom is -0.468 e. The van der Waals surface area contributed by atoms with Crippen molar-refractivity contribution in [3.8, 4) is 0 Å². The quantitative estimate of drug-likeness (QED) is 0.665. The Morgan fingerprint density at radius 1 is 1.69 bits per heavy atom. The summed E-state index contributed by atoms with van der Waals surface area (Å²) in [6.45, 7) is 3.15. The molecule has 0 aromatic rings. The van der Waals surface area contributed by atoms with Crippen molar-refractivity contribution in [1.82, 2.24) is 4.90 Å². The fourth-order valence-electron chi connectivity index (χ4n) is 2.03. The Balaban J connectivity index is 2.23. The van der Waals surface area contributed by atoms with Crippen LogP contribution in [0.5, 0.6) is 0 Å². The maximum Gasteiger partial charge on any atom is 0.323 e. The van der Waals surface area contributed by atoms with E-state index in [1.54, 1.807) is 0 Å². The van der Waals surface area contributed by atoms with Gasteiger partial charge in [0.05, 0.1) is 13.7 Å². The predicted molar refractivity (Wildman–Crippen MR) is 61.0 cm³/mol. The molecule has 94 valence electrons. The van der Waals surface area contributed by atoms with Gasteiger partial charge in [0.25, 0.3) is 0 Å². The first kappa shape index (κ1) is 13.4. The van der Waals surface area contributed by atoms with Crippen LogP contribution in [-0.4, -0.2) is 57.4 Å². The summed E-state index contributed by atoms with van der Waals surface area (Å²) in [6, 6.07) is -0.556. The molecule has 0 saturated carbocycles. The van der Waals surface area contributed by atoms with Crippen molar-refractivity contribution in [1.29, 1.82) is 0 Å². The molecular weight excluding hydrogens is 208 g/mol. The Labute approximate surface area is 96.9 Å². The van der Waals surface area contributed by atoms with Gasteiger partial charge in [0.2, 0.25) is 0 Å². The van der Waals surface area contributed by atoms with Crippen LogP contribution in [0.4, 0.5) is 0 Å². The molecule has 2 unspecified atom stereocenters. The number of nitrogens with two attached hydrogens (primary N) is 1. The molecule has 0 spiro atoms. The highest BCUT2D eigenvalue weighted by molar-refractivity contribution is 5.75. The third kappa shape index (κ3) is 4.47. The van der Waals surface area contributed by atoms with Crippen LogP contribution < -0.4 is 5.73 Å². The molecule has 1 saturated heterocycles. The van der Waals surface area contributed by atoms with Gasteiger partial charge in [-0.1, -0.05) is 0 Å². The summed E-state index contributed by atoms with van der Waals surface area (Å²) in [7, 11) is 3.33. The van der Waals surface area contributed by atoms with E-state index in [-0.39, 0.29) is 5.97 Å². The topological polar surface area (TPSA) is 64.8 Å². The van der Waals surface area contributed by atoms with Crippen LogP contribution in [0.25, 0.3) is 0 Å². The highest BCUT2D eigenvalue weighted by atomic mass is 16.5. The summed E-state index contributed by atoms with van der Waals surface area (Å²) < 4.78 is 9.99. The van der Waals surface area contributed by atoms with Crippen molar-refractivity contribution in [2.24, 2.45) is 11.7 Å². The summed E-state index contributed by atoms with van der Waals surface area (Å²) in [5, 5.41) is 0. The normalized spacial score (nSPS) is 23.1. The highest BCUT2D eigenvalue weighted by Crippen LogP contribution is 2.14. The monoisotopic (exact) mass is 230 g/mol. The summed E-state index contributed by atoms with van der Waals surface area (Å²) in [5.41, 5.74) is 5.69. The Morgan fingerprint density at radius 3 is 3.00 bits per heavy atom. The number of esters is 1. The molecule has 1 heterocycles. The number of ether oxygens (including phenoxy) is 2. The fourth-order valence-corrected chi connectivity index (χ4v) is 2.03. The largest absolute Gasteiger partial charge is 0.468 e. The SMILES string of the molecule is COC(=O)C(N)CN(C)CC1CCCOC1. The van der Waals surface area contributed by atoms with Crippen LogP contribution in [0, 0.1) is 5.92 Å². The predicted octanol–water partition coefficient (Wildman–Crippen LogP) is -0.155. The van der Waals surface area contributed by atoms with Gasteiger partial charge in [-0.05, 0) is 25.8 Å². The number of hydrogen-bond acceptors (Lipinski definition) is 5. The van der Waals surface area contributed by atoms with E-state index < -0.39 is 6.04 Å². The van der Waals surface area contributed by atoms with Gasteiger partial charge in [0.15, 0.2) is 0 Å². The first-order valence-corrected chi connectivity index (χ1v) is 5.73. The molecule has 1 fully saturated rings. The van der Waals surface area contributed by atoms with Crippen molar-refractivity contribution in [3.05, 3.63) is 0 Å². The van der Waals surface area contributed by atoms with Crippen LogP contribution in [0.15, 0.2) is 0 Å².